The van der Waals surface area contributed by atoms with E-state index in [1.165, 1.54) is 5.69 Å². The third-order valence-corrected chi connectivity index (χ3v) is 5.40. The van der Waals surface area contributed by atoms with Crippen LogP contribution >= 0.6 is 0 Å². The Morgan fingerprint density at radius 3 is 2.75 bits per heavy atom. The van der Waals surface area contributed by atoms with E-state index < -0.39 is 0 Å². The Balaban J connectivity index is 1.33. The lowest BCUT2D eigenvalue weighted by atomic mass is 10.0. The third-order valence-electron chi connectivity index (χ3n) is 5.40. The van der Waals surface area contributed by atoms with Gasteiger partial charge in [-0.25, -0.2) is 0 Å². The molecular weight excluding hydrogens is 352 g/mol. The maximum Gasteiger partial charge on any atom is 0.191 e. The van der Waals surface area contributed by atoms with E-state index in [-0.39, 0.29) is 0 Å². The topological polar surface area (TPSA) is 58.1 Å². The molecule has 3 rings (SSSR count). The first-order valence-electron chi connectivity index (χ1n) is 10.9. The maximum atomic E-state index is 5.77. The second-order valence-corrected chi connectivity index (χ2v) is 7.66. The van der Waals surface area contributed by atoms with Crippen LogP contribution in [0.5, 0.6) is 0 Å². The summed E-state index contributed by atoms with van der Waals surface area (Å²) in [5.41, 5.74) is 1.32. The predicted octanol–water partition coefficient (Wildman–Crippen LogP) is 2.65. The van der Waals surface area contributed by atoms with Crippen LogP contribution in [0.25, 0.3) is 0 Å². The summed E-state index contributed by atoms with van der Waals surface area (Å²) in [5, 5.41) is 7.00. The van der Waals surface area contributed by atoms with Crippen molar-refractivity contribution in [3.8, 4) is 0 Å². The second-order valence-electron chi connectivity index (χ2n) is 7.66. The molecule has 156 valence electrons. The first-order chi connectivity index (χ1) is 13.8. The van der Waals surface area contributed by atoms with Crippen molar-refractivity contribution in [2.75, 3.05) is 57.5 Å². The van der Waals surface area contributed by atoms with Gasteiger partial charge < -0.3 is 25.0 Å². The van der Waals surface area contributed by atoms with Gasteiger partial charge in [-0.05, 0) is 44.7 Å². The highest BCUT2D eigenvalue weighted by molar-refractivity contribution is 5.80. The summed E-state index contributed by atoms with van der Waals surface area (Å²) in [6.45, 7) is 9.29. The molecule has 0 aromatic heterocycles. The van der Waals surface area contributed by atoms with Gasteiger partial charge in [0.2, 0.25) is 0 Å². The number of guanidine groups is 1. The maximum absolute atomic E-state index is 5.77. The molecule has 0 spiro atoms. The van der Waals surface area contributed by atoms with Gasteiger partial charge in [0, 0.05) is 57.0 Å². The molecule has 0 aliphatic carbocycles. The van der Waals surface area contributed by atoms with Crippen LogP contribution in [0.3, 0.4) is 0 Å². The molecule has 2 fully saturated rings. The number of ether oxygens (including phenoxy) is 2. The molecule has 2 aliphatic rings. The van der Waals surface area contributed by atoms with E-state index >= 15 is 0 Å². The SMILES string of the molecule is CCNC(=NCCCOCC1CCOC1)NC1CCN(c2ccccc2)CC1. The van der Waals surface area contributed by atoms with E-state index in [2.05, 4.69) is 52.8 Å². The van der Waals surface area contributed by atoms with Crippen molar-refractivity contribution in [3.05, 3.63) is 30.3 Å². The fourth-order valence-corrected chi connectivity index (χ4v) is 3.76. The second kappa shape index (κ2) is 11.9. The summed E-state index contributed by atoms with van der Waals surface area (Å²) in [6, 6.07) is 11.2. The number of rotatable bonds is 9. The van der Waals surface area contributed by atoms with Crippen LogP contribution < -0.4 is 15.5 Å². The Labute approximate surface area is 169 Å². The monoisotopic (exact) mass is 388 g/mol. The Kier molecular flexibility index (Phi) is 8.91. The van der Waals surface area contributed by atoms with Gasteiger partial charge >= 0.3 is 0 Å². The number of benzene rings is 1. The van der Waals surface area contributed by atoms with Gasteiger partial charge in [-0.2, -0.15) is 0 Å². The highest BCUT2D eigenvalue weighted by Gasteiger charge is 2.20. The number of hydrogen-bond donors (Lipinski definition) is 2. The number of para-hydroxylation sites is 1. The largest absolute Gasteiger partial charge is 0.381 e. The Morgan fingerprint density at radius 1 is 1.21 bits per heavy atom. The molecule has 6 heteroatoms. The fourth-order valence-electron chi connectivity index (χ4n) is 3.76. The van der Waals surface area contributed by atoms with Crippen LogP contribution in [-0.2, 0) is 9.47 Å². The van der Waals surface area contributed by atoms with Crippen molar-refractivity contribution in [3.63, 3.8) is 0 Å². The number of hydrogen-bond acceptors (Lipinski definition) is 4. The fraction of sp³-hybridized carbons (Fsp3) is 0.682. The van der Waals surface area contributed by atoms with E-state index in [1.54, 1.807) is 0 Å². The number of aliphatic imine (C=N–C) groups is 1. The zero-order valence-electron chi connectivity index (χ0n) is 17.2. The predicted molar refractivity (Wildman–Crippen MR) is 115 cm³/mol. The van der Waals surface area contributed by atoms with Gasteiger partial charge in [-0.1, -0.05) is 18.2 Å². The van der Waals surface area contributed by atoms with Crippen LogP contribution in [0, 0.1) is 5.92 Å². The lowest BCUT2D eigenvalue weighted by Gasteiger charge is -2.34. The smallest absolute Gasteiger partial charge is 0.191 e. The van der Waals surface area contributed by atoms with E-state index in [9.17, 15) is 0 Å². The lowest BCUT2D eigenvalue weighted by molar-refractivity contribution is 0.0893. The van der Waals surface area contributed by atoms with Gasteiger partial charge in [0.1, 0.15) is 0 Å². The summed E-state index contributed by atoms with van der Waals surface area (Å²) >= 11 is 0. The summed E-state index contributed by atoms with van der Waals surface area (Å²) in [6.07, 6.45) is 4.35. The van der Waals surface area contributed by atoms with E-state index in [0.717, 1.165) is 84.2 Å². The normalized spacial score (nSPS) is 21.1. The number of nitrogens with one attached hydrogen (secondary N) is 2. The van der Waals surface area contributed by atoms with Gasteiger partial charge in [0.15, 0.2) is 5.96 Å². The van der Waals surface area contributed by atoms with Gasteiger partial charge in [0.05, 0.1) is 13.2 Å². The van der Waals surface area contributed by atoms with E-state index in [4.69, 9.17) is 14.5 Å². The molecule has 0 bridgehead atoms. The average Bonchev–Trinajstić information content (AvgIpc) is 3.25. The molecule has 0 saturated carbocycles. The zero-order valence-corrected chi connectivity index (χ0v) is 17.2. The van der Waals surface area contributed by atoms with Crippen molar-refractivity contribution >= 4 is 11.6 Å². The van der Waals surface area contributed by atoms with Gasteiger partial charge in [0.25, 0.3) is 0 Å². The minimum atomic E-state index is 0.483. The standard InChI is InChI=1S/C22H36N4O2/c1-2-23-22(24-12-6-15-27-17-19-11-16-28-18-19)25-20-9-13-26(14-10-20)21-7-4-3-5-8-21/h3-5,7-8,19-20H,2,6,9-18H2,1H3,(H2,23,24,25). The van der Waals surface area contributed by atoms with Crippen LogP contribution in [0.1, 0.15) is 32.6 Å². The van der Waals surface area contributed by atoms with Crippen molar-refractivity contribution in [1.82, 2.24) is 10.6 Å². The van der Waals surface area contributed by atoms with Crippen LogP contribution in [0.2, 0.25) is 0 Å². The lowest BCUT2D eigenvalue weighted by Crippen LogP contribution is -2.48. The van der Waals surface area contributed by atoms with Crippen LogP contribution in [0.4, 0.5) is 5.69 Å². The van der Waals surface area contributed by atoms with Crippen LogP contribution in [0.15, 0.2) is 35.3 Å². The van der Waals surface area contributed by atoms with Crippen molar-refractivity contribution in [1.29, 1.82) is 0 Å². The van der Waals surface area contributed by atoms with Crippen molar-refractivity contribution in [2.24, 2.45) is 10.9 Å². The summed E-state index contributed by atoms with van der Waals surface area (Å²) in [4.78, 5) is 7.20. The molecule has 6 nitrogen and oxygen atoms in total. The minimum absolute atomic E-state index is 0.483. The Hall–Kier alpha value is -1.79. The molecule has 1 atom stereocenters. The first-order valence-corrected chi connectivity index (χ1v) is 10.9. The van der Waals surface area contributed by atoms with Crippen LogP contribution in [-0.4, -0.2) is 64.6 Å². The number of nitrogens with zero attached hydrogens (tertiary/aromatic N) is 2. The van der Waals surface area contributed by atoms with E-state index in [1.807, 2.05) is 0 Å². The Morgan fingerprint density at radius 2 is 2.04 bits per heavy atom. The molecule has 2 heterocycles. The molecule has 2 saturated heterocycles. The quantitative estimate of drug-likeness (QED) is 0.387. The molecule has 1 aromatic rings. The average molecular weight is 389 g/mol. The molecule has 2 N–H and O–H groups in total. The highest BCUT2D eigenvalue weighted by atomic mass is 16.5. The summed E-state index contributed by atoms with van der Waals surface area (Å²) in [5.74, 6) is 1.52. The molecule has 28 heavy (non-hydrogen) atoms. The molecule has 0 amide bonds. The summed E-state index contributed by atoms with van der Waals surface area (Å²) in [7, 11) is 0. The number of piperidine rings is 1. The van der Waals surface area contributed by atoms with Gasteiger partial charge in [-0.3, -0.25) is 4.99 Å². The highest BCUT2D eigenvalue weighted by Crippen LogP contribution is 2.19. The molecule has 1 aromatic carbocycles. The van der Waals surface area contributed by atoms with E-state index in [0.29, 0.717) is 12.0 Å². The minimum Gasteiger partial charge on any atom is -0.381 e. The molecular formula is C22H36N4O2. The summed E-state index contributed by atoms with van der Waals surface area (Å²) < 4.78 is 11.1. The van der Waals surface area contributed by atoms with Crippen molar-refractivity contribution < 1.29 is 9.47 Å². The molecule has 0 radical (unpaired) electrons. The number of anilines is 1. The molecule has 1 unspecified atom stereocenters. The van der Waals surface area contributed by atoms with Gasteiger partial charge in [-0.15, -0.1) is 0 Å². The Bertz CT molecular complexity index is 567. The molecule has 2 aliphatic heterocycles. The zero-order chi connectivity index (χ0) is 19.4. The third kappa shape index (κ3) is 6.99. The van der Waals surface area contributed by atoms with Crippen molar-refractivity contribution in [2.45, 2.75) is 38.6 Å². The first kappa shape index (κ1) is 20.9.